The first-order valence-corrected chi connectivity index (χ1v) is 10.9. The zero-order valence-corrected chi connectivity index (χ0v) is 17.4. The number of nitriles is 2. The van der Waals surface area contributed by atoms with Gasteiger partial charge in [-0.1, -0.05) is 60.7 Å². The Hall–Kier alpha value is -3.56. The Kier molecular flexibility index (Phi) is 4.97. The molecule has 0 saturated heterocycles. The molecule has 1 fully saturated rings. The van der Waals surface area contributed by atoms with E-state index < -0.39 is 5.41 Å². The van der Waals surface area contributed by atoms with Crippen LogP contribution in [-0.2, 0) is 0 Å². The monoisotopic (exact) mass is 404 g/mol. The SMILES string of the molecule is N#CC1(C#N)C[C@H]2CC(c3ccccc3)=C(c3ccccc3)C[C@H]2CC1c1ccco1. The van der Waals surface area contributed by atoms with Crippen LogP contribution in [0.2, 0.25) is 0 Å². The fourth-order valence-electron chi connectivity index (χ4n) is 5.66. The number of fused-ring (bicyclic) bond motifs is 1. The highest BCUT2D eigenvalue weighted by Gasteiger charge is 2.51. The summed E-state index contributed by atoms with van der Waals surface area (Å²) in [5.74, 6) is 1.32. The van der Waals surface area contributed by atoms with Crippen molar-refractivity contribution in [1.29, 1.82) is 10.5 Å². The van der Waals surface area contributed by atoms with Gasteiger partial charge < -0.3 is 4.42 Å². The Morgan fingerprint density at radius 1 is 0.742 bits per heavy atom. The van der Waals surface area contributed by atoms with Crippen molar-refractivity contribution < 1.29 is 4.42 Å². The van der Waals surface area contributed by atoms with Crippen LogP contribution in [0, 0.1) is 39.9 Å². The topological polar surface area (TPSA) is 60.7 Å². The van der Waals surface area contributed by atoms with Gasteiger partial charge in [-0.3, -0.25) is 0 Å². The maximum Gasteiger partial charge on any atom is 0.153 e. The lowest BCUT2D eigenvalue weighted by molar-refractivity contribution is 0.130. The molecule has 0 aliphatic heterocycles. The molecule has 3 nitrogen and oxygen atoms in total. The Morgan fingerprint density at radius 2 is 1.32 bits per heavy atom. The zero-order chi connectivity index (χ0) is 21.3. The summed E-state index contributed by atoms with van der Waals surface area (Å²) in [5, 5.41) is 20.2. The predicted octanol–water partition coefficient (Wildman–Crippen LogP) is 6.83. The van der Waals surface area contributed by atoms with Crippen LogP contribution in [0.3, 0.4) is 0 Å². The van der Waals surface area contributed by atoms with Gasteiger partial charge in [0.15, 0.2) is 5.41 Å². The summed E-state index contributed by atoms with van der Waals surface area (Å²) in [6.45, 7) is 0. The molecule has 3 heteroatoms. The molecule has 0 spiro atoms. The lowest BCUT2D eigenvalue weighted by atomic mass is 9.55. The maximum atomic E-state index is 10.1. The van der Waals surface area contributed by atoms with E-state index in [1.165, 1.54) is 22.3 Å². The summed E-state index contributed by atoms with van der Waals surface area (Å²) in [4.78, 5) is 0. The number of rotatable bonds is 3. The highest BCUT2D eigenvalue weighted by atomic mass is 16.3. The second-order valence-electron chi connectivity index (χ2n) is 8.82. The van der Waals surface area contributed by atoms with E-state index in [4.69, 9.17) is 4.42 Å². The molecule has 0 bridgehead atoms. The molecule has 0 radical (unpaired) electrons. The molecule has 1 unspecified atom stereocenters. The van der Waals surface area contributed by atoms with Crippen molar-refractivity contribution >= 4 is 11.1 Å². The van der Waals surface area contributed by atoms with Crippen LogP contribution in [0.1, 0.15) is 48.5 Å². The first-order chi connectivity index (χ1) is 15.2. The maximum absolute atomic E-state index is 10.1. The molecule has 5 rings (SSSR count). The van der Waals surface area contributed by atoms with Crippen molar-refractivity contribution in [3.63, 3.8) is 0 Å². The van der Waals surface area contributed by atoms with Crippen LogP contribution >= 0.6 is 0 Å². The molecule has 0 N–H and O–H groups in total. The fraction of sp³-hybridized carbons (Fsp3) is 0.286. The number of hydrogen-bond donors (Lipinski definition) is 0. The first-order valence-electron chi connectivity index (χ1n) is 10.9. The van der Waals surface area contributed by atoms with Gasteiger partial charge in [0.05, 0.1) is 18.4 Å². The van der Waals surface area contributed by atoms with Crippen LogP contribution in [0.25, 0.3) is 11.1 Å². The lowest BCUT2D eigenvalue weighted by Gasteiger charge is -2.45. The number of nitrogens with zero attached hydrogens (tertiary/aromatic N) is 2. The van der Waals surface area contributed by atoms with Gasteiger partial charge in [0, 0.05) is 5.92 Å². The van der Waals surface area contributed by atoms with Crippen molar-refractivity contribution in [3.05, 3.63) is 95.9 Å². The summed E-state index contributed by atoms with van der Waals surface area (Å²) >= 11 is 0. The average molecular weight is 405 g/mol. The number of hydrogen-bond acceptors (Lipinski definition) is 3. The normalized spacial score (nSPS) is 24.6. The number of allylic oxidation sites excluding steroid dienone is 2. The molecule has 2 aliphatic carbocycles. The molecule has 0 amide bonds. The summed E-state index contributed by atoms with van der Waals surface area (Å²) in [6.07, 6.45) is 4.90. The number of benzene rings is 2. The summed E-state index contributed by atoms with van der Waals surface area (Å²) in [7, 11) is 0. The van der Waals surface area contributed by atoms with Crippen LogP contribution in [0.4, 0.5) is 0 Å². The Morgan fingerprint density at radius 3 is 1.84 bits per heavy atom. The van der Waals surface area contributed by atoms with Crippen molar-refractivity contribution in [3.8, 4) is 12.1 Å². The minimum atomic E-state index is -1.04. The van der Waals surface area contributed by atoms with E-state index in [0.29, 0.717) is 18.3 Å². The van der Waals surface area contributed by atoms with Gasteiger partial charge in [0.1, 0.15) is 5.76 Å². The van der Waals surface area contributed by atoms with Gasteiger partial charge in [-0.25, -0.2) is 0 Å². The van der Waals surface area contributed by atoms with E-state index in [1.54, 1.807) is 6.26 Å². The van der Waals surface area contributed by atoms with Crippen molar-refractivity contribution in [1.82, 2.24) is 0 Å². The van der Waals surface area contributed by atoms with Gasteiger partial charge in [-0.15, -0.1) is 0 Å². The molecule has 2 aromatic carbocycles. The molecular formula is C28H24N2O. The van der Waals surface area contributed by atoms with Crippen LogP contribution in [0.5, 0.6) is 0 Å². The third kappa shape index (κ3) is 3.37. The smallest absolute Gasteiger partial charge is 0.153 e. The summed E-state index contributed by atoms with van der Waals surface area (Å²) in [6, 6.07) is 29.8. The second kappa shape index (κ2) is 7.93. The third-order valence-corrected chi connectivity index (χ3v) is 7.21. The van der Waals surface area contributed by atoms with Gasteiger partial charge in [0.25, 0.3) is 0 Å². The Labute approximate surface area is 183 Å². The minimum Gasteiger partial charge on any atom is -0.469 e. The quantitative estimate of drug-likeness (QED) is 0.481. The van der Waals surface area contributed by atoms with E-state index in [-0.39, 0.29) is 5.92 Å². The minimum absolute atomic E-state index is 0.186. The van der Waals surface area contributed by atoms with Crippen LogP contribution in [0.15, 0.2) is 83.5 Å². The highest BCUT2D eigenvalue weighted by molar-refractivity contribution is 5.92. The van der Waals surface area contributed by atoms with E-state index in [1.807, 2.05) is 18.2 Å². The summed E-state index contributed by atoms with van der Waals surface area (Å²) in [5.41, 5.74) is 4.23. The van der Waals surface area contributed by atoms with E-state index >= 15 is 0 Å². The van der Waals surface area contributed by atoms with Crippen molar-refractivity contribution in [2.24, 2.45) is 17.3 Å². The highest BCUT2D eigenvalue weighted by Crippen LogP contribution is 2.57. The zero-order valence-electron chi connectivity index (χ0n) is 17.4. The third-order valence-electron chi connectivity index (χ3n) is 7.21. The van der Waals surface area contributed by atoms with E-state index in [0.717, 1.165) is 25.0 Å². The molecule has 2 aliphatic rings. The van der Waals surface area contributed by atoms with Crippen molar-refractivity contribution in [2.75, 3.05) is 0 Å². The molecule has 3 aromatic rings. The Balaban J connectivity index is 1.59. The fourth-order valence-corrected chi connectivity index (χ4v) is 5.66. The molecule has 1 aromatic heterocycles. The molecule has 1 heterocycles. The van der Waals surface area contributed by atoms with Gasteiger partial charge in [-0.2, -0.15) is 10.5 Å². The first kappa shape index (κ1) is 19.4. The molecule has 31 heavy (non-hydrogen) atoms. The summed E-state index contributed by atoms with van der Waals surface area (Å²) < 4.78 is 5.70. The second-order valence-corrected chi connectivity index (χ2v) is 8.82. The largest absolute Gasteiger partial charge is 0.469 e. The lowest BCUT2D eigenvalue weighted by Crippen LogP contribution is -2.39. The molecule has 152 valence electrons. The van der Waals surface area contributed by atoms with Gasteiger partial charge >= 0.3 is 0 Å². The van der Waals surface area contributed by atoms with Crippen LogP contribution in [-0.4, -0.2) is 0 Å². The predicted molar refractivity (Wildman–Crippen MR) is 120 cm³/mol. The van der Waals surface area contributed by atoms with Crippen LogP contribution < -0.4 is 0 Å². The number of furan rings is 1. The van der Waals surface area contributed by atoms with E-state index in [2.05, 4.69) is 66.7 Å². The van der Waals surface area contributed by atoms with Gasteiger partial charge in [-0.05, 0) is 71.9 Å². The van der Waals surface area contributed by atoms with Gasteiger partial charge in [0.2, 0.25) is 0 Å². The van der Waals surface area contributed by atoms with Crippen molar-refractivity contribution in [2.45, 2.75) is 31.6 Å². The molecular weight excluding hydrogens is 380 g/mol. The molecule has 3 atom stereocenters. The Bertz CT molecular complexity index is 1150. The standard InChI is InChI=1S/C28H24N2O/c29-18-28(19-30)17-23-15-25(21-10-5-2-6-11-21)24(20-8-3-1-4-9-20)14-22(23)16-26(28)27-12-7-13-31-27/h1-13,22-23,26H,14-17H2/t22-,23+,26?/m0/s1. The average Bonchev–Trinajstić information content (AvgIpc) is 3.38. The van der Waals surface area contributed by atoms with E-state index in [9.17, 15) is 10.5 Å². The molecule has 1 saturated carbocycles.